The van der Waals surface area contributed by atoms with Crippen LogP contribution in [0, 0.1) is 6.92 Å². The van der Waals surface area contributed by atoms with Gasteiger partial charge in [-0.1, -0.05) is 0 Å². The molecular formula is C11H12N4O3S. The minimum atomic E-state index is -0.479. The lowest BCUT2D eigenvalue weighted by atomic mass is 10.2. The van der Waals surface area contributed by atoms with Crippen molar-refractivity contribution in [3.8, 4) is 0 Å². The normalized spacial score (nSPS) is 10.2. The smallest absolute Gasteiger partial charge is 0.342 e. The Kier molecular flexibility index (Phi) is 3.91. The first kappa shape index (κ1) is 13.2. The maximum Gasteiger partial charge on any atom is 0.342 e. The van der Waals surface area contributed by atoms with Gasteiger partial charge in [0.15, 0.2) is 5.69 Å². The van der Waals surface area contributed by atoms with Crippen molar-refractivity contribution in [2.75, 3.05) is 11.9 Å². The minimum Gasteiger partial charge on any atom is -0.462 e. The summed E-state index contributed by atoms with van der Waals surface area (Å²) in [4.78, 5) is 26.5. The summed E-state index contributed by atoms with van der Waals surface area (Å²) in [6, 6.07) is 0. The number of hydrogen-bond donors (Lipinski definition) is 2. The summed E-state index contributed by atoms with van der Waals surface area (Å²) < 4.78 is 12.5. The van der Waals surface area contributed by atoms with E-state index in [4.69, 9.17) is 4.74 Å². The summed E-state index contributed by atoms with van der Waals surface area (Å²) in [6.45, 7) is 3.72. The highest BCUT2D eigenvalue weighted by Crippen LogP contribution is 2.20. The van der Waals surface area contributed by atoms with Crippen LogP contribution >= 0.6 is 11.7 Å². The first-order valence-electron chi connectivity index (χ1n) is 5.57. The maximum absolute atomic E-state index is 11.8. The first-order chi connectivity index (χ1) is 9.13. The van der Waals surface area contributed by atoms with E-state index in [1.165, 1.54) is 6.20 Å². The number of nitrogens with zero attached hydrogens (tertiary/aromatic N) is 2. The molecule has 2 N–H and O–H groups in total. The number of amides is 1. The van der Waals surface area contributed by atoms with Gasteiger partial charge in [0.05, 0.1) is 30.2 Å². The molecule has 100 valence electrons. The van der Waals surface area contributed by atoms with Crippen LogP contribution in [-0.4, -0.2) is 32.2 Å². The van der Waals surface area contributed by atoms with Crippen LogP contribution in [-0.2, 0) is 4.74 Å². The molecule has 2 aromatic heterocycles. The van der Waals surface area contributed by atoms with Crippen molar-refractivity contribution in [2.45, 2.75) is 13.8 Å². The lowest BCUT2D eigenvalue weighted by Gasteiger charge is -2.05. The van der Waals surface area contributed by atoms with Gasteiger partial charge in [-0.25, -0.2) is 4.79 Å². The number of aromatic nitrogens is 3. The third kappa shape index (κ3) is 2.79. The second-order valence-corrected chi connectivity index (χ2v) is 4.23. The molecule has 0 unspecified atom stereocenters. The second kappa shape index (κ2) is 5.61. The second-order valence-electron chi connectivity index (χ2n) is 3.67. The molecule has 0 aromatic carbocycles. The van der Waals surface area contributed by atoms with Gasteiger partial charge in [0, 0.05) is 11.9 Å². The van der Waals surface area contributed by atoms with Crippen molar-refractivity contribution in [2.24, 2.45) is 0 Å². The molecule has 0 aliphatic carbocycles. The molecule has 0 bridgehead atoms. The lowest BCUT2D eigenvalue weighted by molar-refractivity contribution is 0.0527. The van der Waals surface area contributed by atoms with Crippen LogP contribution < -0.4 is 5.32 Å². The lowest BCUT2D eigenvalue weighted by Crippen LogP contribution is -2.15. The molecule has 0 atom stereocenters. The van der Waals surface area contributed by atoms with Crippen LogP contribution in [0.4, 0.5) is 5.69 Å². The molecule has 0 saturated heterocycles. The van der Waals surface area contributed by atoms with Crippen LogP contribution in [0.1, 0.15) is 33.5 Å². The van der Waals surface area contributed by atoms with Crippen molar-refractivity contribution in [3.05, 3.63) is 29.3 Å². The molecule has 7 nitrogen and oxygen atoms in total. The predicted molar refractivity (Wildman–Crippen MR) is 69.3 cm³/mol. The monoisotopic (exact) mass is 280 g/mol. The van der Waals surface area contributed by atoms with Gasteiger partial charge < -0.3 is 15.0 Å². The molecule has 0 saturated carbocycles. The van der Waals surface area contributed by atoms with E-state index < -0.39 is 11.9 Å². The molecule has 2 rings (SSSR count). The fourth-order valence-corrected chi connectivity index (χ4v) is 1.95. The van der Waals surface area contributed by atoms with Gasteiger partial charge in [-0.05, 0) is 13.8 Å². The highest BCUT2D eigenvalue weighted by Gasteiger charge is 2.20. The summed E-state index contributed by atoms with van der Waals surface area (Å²) >= 11 is 0.942. The molecule has 0 aliphatic rings. The SMILES string of the molecule is CCOC(=O)c1c(NC(=O)c2cnsn2)c[nH]c1C. The summed E-state index contributed by atoms with van der Waals surface area (Å²) in [7, 11) is 0. The third-order valence-corrected chi connectivity index (χ3v) is 2.88. The Morgan fingerprint density at radius 3 is 2.95 bits per heavy atom. The predicted octanol–water partition coefficient (Wildman–Crippen LogP) is 1.60. The summed E-state index contributed by atoms with van der Waals surface area (Å²) in [5.41, 5.74) is 1.52. The zero-order chi connectivity index (χ0) is 13.8. The van der Waals surface area contributed by atoms with Gasteiger partial charge >= 0.3 is 5.97 Å². The van der Waals surface area contributed by atoms with Gasteiger partial charge in [0.2, 0.25) is 0 Å². The molecular weight excluding hydrogens is 268 g/mol. The molecule has 2 aromatic rings. The van der Waals surface area contributed by atoms with E-state index >= 15 is 0 Å². The van der Waals surface area contributed by atoms with E-state index in [-0.39, 0.29) is 12.3 Å². The average Bonchev–Trinajstić information content (AvgIpc) is 2.99. The molecule has 0 fully saturated rings. The number of nitrogens with one attached hydrogen (secondary N) is 2. The van der Waals surface area contributed by atoms with E-state index in [2.05, 4.69) is 19.0 Å². The highest BCUT2D eigenvalue weighted by atomic mass is 32.1. The van der Waals surface area contributed by atoms with Crippen molar-refractivity contribution in [1.82, 2.24) is 13.7 Å². The Balaban J connectivity index is 2.21. The van der Waals surface area contributed by atoms with Crippen LogP contribution in [0.15, 0.2) is 12.4 Å². The molecule has 8 heteroatoms. The van der Waals surface area contributed by atoms with Crippen LogP contribution in [0.25, 0.3) is 0 Å². The van der Waals surface area contributed by atoms with Crippen LogP contribution in [0.3, 0.4) is 0 Å². The fourth-order valence-electron chi connectivity index (χ4n) is 1.54. The minimum absolute atomic E-state index is 0.207. The largest absolute Gasteiger partial charge is 0.462 e. The van der Waals surface area contributed by atoms with Crippen molar-refractivity contribution in [3.63, 3.8) is 0 Å². The summed E-state index contributed by atoms with van der Waals surface area (Å²) in [6.07, 6.45) is 2.91. The van der Waals surface area contributed by atoms with Gasteiger partial charge in [-0.15, -0.1) is 0 Å². The van der Waals surface area contributed by atoms with Gasteiger partial charge in [0.1, 0.15) is 5.56 Å². The molecule has 1 amide bonds. The number of anilines is 1. The zero-order valence-corrected chi connectivity index (χ0v) is 11.2. The molecule has 0 radical (unpaired) electrons. The summed E-state index contributed by atoms with van der Waals surface area (Å²) in [5, 5.41) is 2.61. The Morgan fingerprint density at radius 2 is 2.32 bits per heavy atom. The van der Waals surface area contributed by atoms with E-state index in [1.807, 2.05) is 0 Å². The number of aryl methyl sites for hydroxylation is 1. The first-order valence-corrected chi connectivity index (χ1v) is 6.30. The number of hydrogen-bond acceptors (Lipinski definition) is 6. The van der Waals surface area contributed by atoms with Crippen LogP contribution in [0.2, 0.25) is 0 Å². The van der Waals surface area contributed by atoms with E-state index in [9.17, 15) is 9.59 Å². The molecule has 19 heavy (non-hydrogen) atoms. The molecule has 0 spiro atoms. The van der Waals surface area contributed by atoms with Gasteiger partial charge in [-0.3, -0.25) is 4.79 Å². The van der Waals surface area contributed by atoms with E-state index in [0.29, 0.717) is 16.9 Å². The fraction of sp³-hybridized carbons (Fsp3) is 0.273. The quantitative estimate of drug-likeness (QED) is 0.829. The third-order valence-electron chi connectivity index (χ3n) is 2.40. The number of ether oxygens (including phenoxy) is 1. The van der Waals surface area contributed by atoms with Crippen molar-refractivity contribution in [1.29, 1.82) is 0 Å². The number of H-pyrrole nitrogens is 1. The Labute approximate surface area is 113 Å². The number of rotatable bonds is 4. The Bertz CT molecular complexity index is 591. The number of carbonyl (C=O) groups excluding carboxylic acids is 2. The van der Waals surface area contributed by atoms with Crippen molar-refractivity contribution < 1.29 is 14.3 Å². The topological polar surface area (TPSA) is 97.0 Å². The number of esters is 1. The highest BCUT2D eigenvalue weighted by molar-refractivity contribution is 6.99. The van der Waals surface area contributed by atoms with Gasteiger partial charge in [-0.2, -0.15) is 8.75 Å². The average molecular weight is 280 g/mol. The standard InChI is InChI=1S/C11H12N4O3S/c1-3-18-11(17)9-6(2)12-4-7(9)14-10(16)8-5-13-19-15-8/h4-5,12H,3H2,1-2H3,(H,14,16). The van der Waals surface area contributed by atoms with E-state index in [1.54, 1.807) is 20.0 Å². The van der Waals surface area contributed by atoms with Crippen molar-refractivity contribution >= 4 is 29.3 Å². The Morgan fingerprint density at radius 1 is 1.53 bits per heavy atom. The van der Waals surface area contributed by atoms with Gasteiger partial charge in [0.25, 0.3) is 5.91 Å². The maximum atomic E-state index is 11.8. The van der Waals surface area contributed by atoms with E-state index in [0.717, 1.165) is 11.7 Å². The Hall–Kier alpha value is -2.22. The number of aromatic amines is 1. The molecule has 2 heterocycles. The van der Waals surface area contributed by atoms with Crippen LogP contribution in [0.5, 0.6) is 0 Å². The summed E-state index contributed by atoms with van der Waals surface area (Å²) in [5.74, 6) is -0.897. The number of carbonyl (C=O) groups is 2. The molecule has 0 aliphatic heterocycles. The zero-order valence-electron chi connectivity index (χ0n) is 10.4.